The van der Waals surface area contributed by atoms with E-state index in [2.05, 4.69) is 0 Å². The van der Waals surface area contributed by atoms with Crippen molar-refractivity contribution in [2.75, 3.05) is 0 Å². The third kappa shape index (κ3) is 6.16. The minimum Gasteiger partial charge on any atom is -0.481 e. The van der Waals surface area contributed by atoms with Crippen LogP contribution in [0.2, 0.25) is 0 Å². The van der Waals surface area contributed by atoms with Gasteiger partial charge < -0.3 is 10.2 Å². The summed E-state index contributed by atoms with van der Waals surface area (Å²) in [6.45, 7) is 7.28. The van der Waals surface area contributed by atoms with Gasteiger partial charge >= 0.3 is 23.9 Å². The molecule has 42 heavy (non-hydrogen) atoms. The molecule has 0 spiro atoms. The number of aliphatic carboxylic acids is 1. The molecule has 3 aromatic carbocycles. The second-order valence-corrected chi connectivity index (χ2v) is 10.2. The number of rotatable bonds is 7. The number of carbonyl (C=O) groups is 1. The third-order valence-electron chi connectivity index (χ3n) is 7.67. The van der Waals surface area contributed by atoms with Gasteiger partial charge in [0.2, 0.25) is 0 Å². The molecule has 0 aliphatic heterocycles. The van der Waals surface area contributed by atoms with Gasteiger partial charge in [0.25, 0.3) is 0 Å². The molecule has 0 saturated heterocycles. The fourth-order valence-electron chi connectivity index (χ4n) is 5.10. The van der Waals surface area contributed by atoms with Crippen LogP contribution in [0.1, 0.15) is 60.1 Å². The Bertz CT molecular complexity index is 1520. The monoisotopic (exact) mass is 594 g/mol. The first-order valence-electron chi connectivity index (χ1n) is 13.0. The lowest BCUT2D eigenvalue weighted by Gasteiger charge is -2.34. The second kappa shape index (κ2) is 11.8. The van der Waals surface area contributed by atoms with Gasteiger partial charge in [0, 0.05) is 11.0 Å². The van der Waals surface area contributed by atoms with Gasteiger partial charge in [-0.1, -0.05) is 62.2 Å². The van der Waals surface area contributed by atoms with Crippen LogP contribution in [0.15, 0.2) is 54.6 Å². The van der Waals surface area contributed by atoms with E-state index < -0.39 is 41.6 Å². The lowest BCUT2D eigenvalue weighted by atomic mass is 9.69. The van der Waals surface area contributed by atoms with Crippen LogP contribution in [0.3, 0.4) is 0 Å². The van der Waals surface area contributed by atoms with Crippen molar-refractivity contribution in [3.8, 4) is 23.0 Å². The summed E-state index contributed by atoms with van der Waals surface area (Å²) in [6.07, 6.45) is -11.3. The highest BCUT2D eigenvalue weighted by Gasteiger charge is 2.70. The molecule has 0 radical (unpaired) electrons. The Balaban J connectivity index is 2.04. The van der Waals surface area contributed by atoms with Gasteiger partial charge in [-0.15, -0.1) is 0 Å². The Kier molecular flexibility index (Phi) is 9.18. The maximum absolute atomic E-state index is 14.5. The number of alkyl halides is 6. The first-order chi connectivity index (χ1) is 19.4. The summed E-state index contributed by atoms with van der Waals surface area (Å²) >= 11 is 0. The van der Waals surface area contributed by atoms with Crippen LogP contribution in [-0.2, 0) is 16.6 Å². The quantitative estimate of drug-likeness (QED) is 0.215. The molecule has 0 aromatic heterocycles. The highest BCUT2D eigenvalue weighted by Crippen LogP contribution is 2.43. The summed E-state index contributed by atoms with van der Waals surface area (Å²) in [4.78, 5) is 11.0. The van der Waals surface area contributed by atoms with Crippen molar-refractivity contribution in [2.45, 2.75) is 70.3 Å². The summed E-state index contributed by atoms with van der Waals surface area (Å²) in [6, 6.07) is 14.6. The third-order valence-corrected chi connectivity index (χ3v) is 7.67. The minimum absolute atomic E-state index is 0.0708. The van der Waals surface area contributed by atoms with E-state index >= 15 is 0 Å². The maximum Gasteiger partial charge on any atom is 0.438 e. The molecule has 0 amide bonds. The molecule has 3 aromatic rings. The average Bonchev–Trinajstić information content (AvgIpc) is 2.89. The fraction of sp³-hybridized carbons (Fsp3) is 0.344. The summed E-state index contributed by atoms with van der Waals surface area (Å²) in [7, 11) is 0. The molecule has 0 heterocycles. The standard InChI is InChI=1S/C32H29F7O3/c1-5-29(6-2,24-10-9-21(19(3)15-24)13-14-30(42,31(34,35)36)32(37,38)39)25-11-12-26(20(4)16-25)22-7-8-23(18-28(40)41)27(33)17-22/h7-12,15-17,42H,5-6,18H2,1-4H3,(H,40,41). The SMILES string of the molecule is CCC(CC)(c1ccc(C#CC(O)(C(F)(F)F)C(F)(F)F)c(C)c1)c1ccc(-c2ccc(CC(=O)O)c(F)c2)c(C)c1. The maximum atomic E-state index is 14.5. The van der Waals surface area contributed by atoms with Crippen molar-refractivity contribution >= 4 is 5.97 Å². The summed E-state index contributed by atoms with van der Waals surface area (Å²) in [5.41, 5.74) is -1.62. The number of benzene rings is 3. The molecule has 224 valence electrons. The fourth-order valence-corrected chi connectivity index (χ4v) is 5.10. The normalized spacial score (nSPS) is 12.6. The molecular formula is C32H29F7O3. The van der Waals surface area contributed by atoms with Gasteiger partial charge in [0.15, 0.2) is 0 Å². The van der Waals surface area contributed by atoms with Crippen LogP contribution in [0.5, 0.6) is 0 Å². The summed E-state index contributed by atoms with van der Waals surface area (Å²) in [5.74, 6) is 1.10. The van der Waals surface area contributed by atoms with Crippen molar-refractivity contribution in [2.24, 2.45) is 0 Å². The van der Waals surface area contributed by atoms with E-state index in [4.69, 9.17) is 5.11 Å². The van der Waals surface area contributed by atoms with Crippen LogP contribution in [-0.4, -0.2) is 34.1 Å². The van der Waals surface area contributed by atoms with Crippen molar-refractivity contribution in [3.05, 3.63) is 93.8 Å². The molecule has 3 nitrogen and oxygen atoms in total. The molecule has 0 unspecified atom stereocenters. The largest absolute Gasteiger partial charge is 0.481 e. The van der Waals surface area contributed by atoms with Gasteiger partial charge in [-0.2, -0.15) is 26.3 Å². The van der Waals surface area contributed by atoms with E-state index in [0.717, 1.165) is 28.2 Å². The molecule has 0 bridgehead atoms. The Morgan fingerprint density at radius 2 is 1.36 bits per heavy atom. The van der Waals surface area contributed by atoms with Gasteiger partial charge in [-0.05, 0) is 83.7 Å². The molecule has 0 aliphatic carbocycles. The van der Waals surface area contributed by atoms with Crippen LogP contribution < -0.4 is 0 Å². The van der Waals surface area contributed by atoms with E-state index in [1.165, 1.54) is 25.1 Å². The molecule has 0 atom stereocenters. The lowest BCUT2D eigenvalue weighted by molar-refractivity contribution is -0.343. The Morgan fingerprint density at radius 1 is 0.810 bits per heavy atom. The first kappa shape index (κ1) is 32.7. The van der Waals surface area contributed by atoms with Gasteiger partial charge in [0.05, 0.1) is 6.42 Å². The predicted molar refractivity (Wildman–Crippen MR) is 144 cm³/mol. The van der Waals surface area contributed by atoms with E-state index in [9.17, 15) is 40.6 Å². The Morgan fingerprint density at radius 3 is 1.81 bits per heavy atom. The number of halogens is 7. The van der Waals surface area contributed by atoms with E-state index in [1.807, 2.05) is 44.9 Å². The van der Waals surface area contributed by atoms with Crippen molar-refractivity contribution in [1.29, 1.82) is 0 Å². The van der Waals surface area contributed by atoms with Crippen LogP contribution in [0, 0.1) is 31.5 Å². The van der Waals surface area contributed by atoms with E-state index in [0.29, 0.717) is 24.0 Å². The topological polar surface area (TPSA) is 57.5 Å². The molecule has 2 N–H and O–H groups in total. The predicted octanol–water partition coefficient (Wildman–Crippen LogP) is 8.05. The first-order valence-corrected chi connectivity index (χ1v) is 13.0. The summed E-state index contributed by atoms with van der Waals surface area (Å²) < 4.78 is 92.8. The Hall–Kier alpha value is -3.84. The Labute approximate surface area is 239 Å². The summed E-state index contributed by atoms with van der Waals surface area (Å²) in [5, 5.41) is 18.3. The number of aryl methyl sites for hydroxylation is 2. The molecular weight excluding hydrogens is 565 g/mol. The smallest absolute Gasteiger partial charge is 0.438 e. The number of hydrogen-bond acceptors (Lipinski definition) is 2. The average molecular weight is 595 g/mol. The van der Waals surface area contributed by atoms with Crippen LogP contribution in [0.25, 0.3) is 11.1 Å². The number of hydrogen-bond donors (Lipinski definition) is 2. The van der Waals surface area contributed by atoms with Crippen LogP contribution >= 0.6 is 0 Å². The zero-order chi connectivity index (χ0) is 31.7. The zero-order valence-electron chi connectivity index (χ0n) is 23.3. The molecule has 0 saturated carbocycles. The molecule has 0 aliphatic rings. The molecule has 0 fully saturated rings. The van der Waals surface area contributed by atoms with Gasteiger partial charge in [-0.3, -0.25) is 4.79 Å². The van der Waals surface area contributed by atoms with Crippen molar-refractivity contribution in [3.63, 3.8) is 0 Å². The zero-order valence-corrected chi connectivity index (χ0v) is 23.3. The van der Waals surface area contributed by atoms with Crippen LogP contribution in [0.4, 0.5) is 30.7 Å². The number of carboxylic acid groups (broad SMARTS) is 1. The molecule has 10 heteroatoms. The number of aliphatic hydroxyl groups is 1. The van der Waals surface area contributed by atoms with E-state index in [-0.39, 0.29) is 11.1 Å². The second-order valence-electron chi connectivity index (χ2n) is 10.2. The highest BCUT2D eigenvalue weighted by atomic mass is 19.4. The minimum atomic E-state index is -6.04. The lowest BCUT2D eigenvalue weighted by Crippen LogP contribution is -2.55. The van der Waals surface area contributed by atoms with Gasteiger partial charge in [0.1, 0.15) is 5.82 Å². The van der Waals surface area contributed by atoms with Gasteiger partial charge in [-0.25, -0.2) is 4.39 Å². The number of carboxylic acids is 1. The highest BCUT2D eigenvalue weighted by molar-refractivity contribution is 5.72. The van der Waals surface area contributed by atoms with E-state index in [1.54, 1.807) is 18.2 Å². The molecule has 3 rings (SSSR count). The van der Waals surface area contributed by atoms with Crippen molar-refractivity contribution in [1.82, 2.24) is 0 Å². The van der Waals surface area contributed by atoms with Crippen molar-refractivity contribution < 1.29 is 45.7 Å².